The van der Waals surface area contributed by atoms with Crippen LogP contribution in [0.3, 0.4) is 0 Å². The summed E-state index contributed by atoms with van der Waals surface area (Å²) >= 11 is 5.97. The highest BCUT2D eigenvalue weighted by atomic mass is 35.5. The van der Waals surface area contributed by atoms with E-state index in [9.17, 15) is 18.0 Å². The van der Waals surface area contributed by atoms with Crippen LogP contribution in [-0.4, -0.2) is 51.0 Å². The summed E-state index contributed by atoms with van der Waals surface area (Å²) in [6, 6.07) is 22.2. The van der Waals surface area contributed by atoms with Crippen LogP contribution in [0.15, 0.2) is 78.9 Å². The SMILES string of the molecule is CNC(=O)C(C)N(Cc1ccc(Cl)cc1)C(=O)CN(c1ccc(OCc2ccccc2)cc1)S(C)(=O)=O. The molecule has 0 saturated heterocycles. The summed E-state index contributed by atoms with van der Waals surface area (Å²) in [5.41, 5.74) is 2.06. The zero-order valence-electron chi connectivity index (χ0n) is 20.9. The van der Waals surface area contributed by atoms with Crippen molar-refractivity contribution < 1.29 is 22.7 Å². The van der Waals surface area contributed by atoms with Crippen molar-refractivity contribution in [2.75, 3.05) is 24.2 Å². The Labute approximate surface area is 222 Å². The first-order chi connectivity index (χ1) is 17.6. The molecule has 2 amide bonds. The molecule has 3 aromatic carbocycles. The van der Waals surface area contributed by atoms with Crippen LogP contribution in [0.5, 0.6) is 5.75 Å². The molecule has 0 saturated carbocycles. The predicted molar refractivity (Wildman–Crippen MR) is 145 cm³/mol. The molecule has 0 radical (unpaired) electrons. The van der Waals surface area contributed by atoms with E-state index in [1.165, 1.54) is 11.9 Å². The fourth-order valence-electron chi connectivity index (χ4n) is 3.64. The number of nitrogens with zero attached hydrogens (tertiary/aromatic N) is 2. The predicted octanol–water partition coefficient (Wildman–Crippen LogP) is 3.85. The number of carbonyl (C=O) groups excluding carboxylic acids is 2. The van der Waals surface area contributed by atoms with E-state index in [1.54, 1.807) is 55.5 Å². The lowest BCUT2D eigenvalue weighted by molar-refractivity contribution is -0.139. The van der Waals surface area contributed by atoms with E-state index in [-0.39, 0.29) is 12.5 Å². The second-order valence-electron chi connectivity index (χ2n) is 8.48. The molecule has 0 aromatic heterocycles. The minimum atomic E-state index is -3.82. The maximum Gasteiger partial charge on any atom is 0.244 e. The van der Waals surface area contributed by atoms with Crippen LogP contribution in [0.4, 0.5) is 5.69 Å². The van der Waals surface area contributed by atoms with Gasteiger partial charge < -0.3 is 15.0 Å². The minimum Gasteiger partial charge on any atom is -0.489 e. The quantitative estimate of drug-likeness (QED) is 0.396. The number of rotatable bonds is 11. The molecule has 0 aliphatic rings. The number of hydrogen-bond acceptors (Lipinski definition) is 5. The molecule has 196 valence electrons. The number of benzene rings is 3. The first-order valence-electron chi connectivity index (χ1n) is 11.6. The van der Waals surface area contributed by atoms with Crippen molar-refractivity contribution in [2.24, 2.45) is 0 Å². The van der Waals surface area contributed by atoms with Gasteiger partial charge >= 0.3 is 0 Å². The summed E-state index contributed by atoms with van der Waals surface area (Å²) in [6.45, 7) is 1.59. The van der Waals surface area contributed by atoms with Gasteiger partial charge in [-0.3, -0.25) is 13.9 Å². The van der Waals surface area contributed by atoms with Crippen LogP contribution < -0.4 is 14.4 Å². The first-order valence-corrected chi connectivity index (χ1v) is 13.8. The summed E-state index contributed by atoms with van der Waals surface area (Å²) in [6.07, 6.45) is 1.03. The van der Waals surface area contributed by atoms with Crippen molar-refractivity contribution in [1.29, 1.82) is 0 Å². The standard InChI is InChI=1S/C27H30ClN3O5S/c1-20(27(33)29-2)30(17-21-9-11-23(28)12-10-21)26(32)18-31(37(3,34)35)24-13-15-25(16-14-24)36-19-22-7-5-4-6-8-22/h4-16,20H,17-19H2,1-3H3,(H,29,33). The lowest BCUT2D eigenvalue weighted by Gasteiger charge is -2.31. The Bertz CT molecular complexity index is 1300. The topological polar surface area (TPSA) is 96.0 Å². The lowest BCUT2D eigenvalue weighted by atomic mass is 10.1. The van der Waals surface area contributed by atoms with E-state index in [2.05, 4.69) is 5.32 Å². The maximum absolute atomic E-state index is 13.4. The van der Waals surface area contributed by atoms with Gasteiger partial charge in [-0.2, -0.15) is 0 Å². The molecule has 0 spiro atoms. The van der Waals surface area contributed by atoms with E-state index in [1.807, 2.05) is 30.3 Å². The number of sulfonamides is 1. The number of carbonyl (C=O) groups is 2. The first kappa shape index (κ1) is 28.0. The van der Waals surface area contributed by atoms with Crippen LogP contribution in [-0.2, 0) is 32.8 Å². The van der Waals surface area contributed by atoms with Gasteiger partial charge in [-0.1, -0.05) is 54.1 Å². The molecule has 0 heterocycles. The average molecular weight is 544 g/mol. The fourth-order valence-corrected chi connectivity index (χ4v) is 4.62. The smallest absolute Gasteiger partial charge is 0.244 e. The van der Waals surface area contributed by atoms with Gasteiger partial charge in [0.25, 0.3) is 0 Å². The van der Waals surface area contributed by atoms with Gasteiger partial charge in [-0.15, -0.1) is 0 Å². The maximum atomic E-state index is 13.4. The molecule has 10 heteroatoms. The van der Waals surface area contributed by atoms with Gasteiger partial charge in [0.1, 0.15) is 24.9 Å². The van der Waals surface area contributed by atoms with Gasteiger partial charge in [0.05, 0.1) is 11.9 Å². The number of anilines is 1. The van der Waals surface area contributed by atoms with Crippen molar-refractivity contribution in [2.45, 2.75) is 26.1 Å². The van der Waals surface area contributed by atoms with Crippen LogP contribution >= 0.6 is 11.6 Å². The van der Waals surface area contributed by atoms with Crippen LogP contribution in [0.1, 0.15) is 18.1 Å². The summed E-state index contributed by atoms with van der Waals surface area (Å²) in [5, 5.41) is 3.08. The second kappa shape index (κ2) is 12.6. The Kier molecular flexibility index (Phi) is 9.54. The monoisotopic (exact) mass is 543 g/mol. The van der Waals surface area contributed by atoms with Crippen molar-refractivity contribution >= 4 is 39.1 Å². The molecule has 8 nitrogen and oxygen atoms in total. The van der Waals surface area contributed by atoms with Crippen LogP contribution in [0, 0.1) is 0 Å². The van der Waals surface area contributed by atoms with Crippen molar-refractivity contribution in [3.05, 3.63) is 95.0 Å². The third-order valence-corrected chi connectivity index (χ3v) is 7.12. The molecule has 0 fully saturated rings. The van der Waals surface area contributed by atoms with E-state index in [0.29, 0.717) is 23.1 Å². The van der Waals surface area contributed by atoms with Gasteiger partial charge in [-0.05, 0) is 54.4 Å². The normalized spacial score (nSPS) is 11.9. The average Bonchev–Trinajstić information content (AvgIpc) is 2.89. The Balaban J connectivity index is 1.80. The molecule has 37 heavy (non-hydrogen) atoms. The number of halogens is 1. The van der Waals surface area contributed by atoms with Gasteiger partial charge in [0.2, 0.25) is 21.8 Å². The van der Waals surface area contributed by atoms with Gasteiger partial charge in [0, 0.05) is 18.6 Å². The molecule has 0 aliphatic carbocycles. The molecule has 3 aromatic rings. The third-order valence-electron chi connectivity index (χ3n) is 5.73. The van der Waals surface area contributed by atoms with Gasteiger partial charge in [0.15, 0.2) is 0 Å². The van der Waals surface area contributed by atoms with Crippen molar-refractivity contribution in [3.63, 3.8) is 0 Å². The van der Waals surface area contributed by atoms with Crippen molar-refractivity contribution in [1.82, 2.24) is 10.2 Å². The van der Waals surface area contributed by atoms with E-state index < -0.39 is 28.5 Å². The number of likely N-dealkylation sites (N-methyl/N-ethyl adjacent to an activating group) is 1. The molecule has 1 N–H and O–H groups in total. The molecule has 3 rings (SSSR count). The van der Waals surface area contributed by atoms with E-state index in [4.69, 9.17) is 16.3 Å². The second-order valence-corrected chi connectivity index (χ2v) is 10.8. The largest absolute Gasteiger partial charge is 0.489 e. The molecule has 1 atom stereocenters. The van der Waals surface area contributed by atoms with Crippen LogP contribution in [0.25, 0.3) is 0 Å². The Hall–Kier alpha value is -3.56. The highest BCUT2D eigenvalue weighted by Crippen LogP contribution is 2.23. The summed E-state index contributed by atoms with van der Waals surface area (Å²) < 4.78 is 32.1. The summed E-state index contributed by atoms with van der Waals surface area (Å²) in [5.74, 6) is -0.334. The van der Waals surface area contributed by atoms with Crippen LogP contribution in [0.2, 0.25) is 5.02 Å². The van der Waals surface area contributed by atoms with Crippen molar-refractivity contribution in [3.8, 4) is 5.75 Å². The number of ether oxygens (including phenoxy) is 1. The number of hydrogen-bond donors (Lipinski definition) is 1. The third kappa shape index (κ3) is 7.96. The zero-order chi connectivity index (χ0) is 27.0. The Morgan fingerprint density at radius 2 is 1.57 bits per heavy atom. The molecule has 0 aliphatic heterocycles. The summed E-state index contributed by atoms with van der Waals surface area (Å²) in [4.78, 5) is 27.2. The Morgan fingerprint density at radius 3 is 2.14 bits per heavy atom. The zero-order valence-corrected chi connectivity index (χ0v) is 22.5. The molecular formula is C27H30ClN3O5S. The van der Waals surface area contributed by atoms with Gasteiger partial charge in [-0.25, -0.2) is 8.42 Å². The highest BCUT2D eigenvalue weighted by Gasteiger charge is 2.29. The molecule has 0 bridgehead atoms. The Morgan fingerprint density at radius 1 is 0.946 bits per heavy atom. The highest BCUT2D eigenvalue weighted by molar-refractivity contribution is 7.92. The summed E-state index contributed by atoms with van der Waals surface area (Å²) in [7, 11) is -2.34. The minimum absolute atomic E-state index is 0.106. The number of nitrogens with one attached hydrogen (secondary N) is 1. The molecular weight excluding hydrogens is 514 g/mol. The lowest BCUT2D eigenvalue weighted by Crippen LogP contribution is -2.50. The molecule has 1 unspecified atom stereocenters. The fraction of sp³-hybridized carbons (Fsp3) is 0.259. The number of amides is 2. The van der Waals surface area contributed by atoms with E-state index >= 15 is 0 Å². The van der Waals surface area contributed by atoms with E-state index in [0.717, 1.165) is 21.7 Å².